The Morgan fingerprint density at radius 3 is 2.45 bits per heavy atom. The first-order valence-corrected chi connectivity index (χ1v) is 11.3. The number of hydrogen-bond donors (Lipinski definition) is 1. The molecule has 0 radical (unpaired) electrons. The summed E-state index contributed by atoms with van der Waals surface area (Å²) in [5.41, 5.74) is 2.85. The van der Waals surface area contributed by atoms with Crippen molar-refractivity contribution in [3.05, 3.63) is 28.4 Å². The summed E-state index contributed by atoms with van der Waals surface area (Å²) in [4.78, 5) is 9.51. The highest BCUT2D eigenvalue weighted by Crippen LogP contribution is 2.38. The van der Waals surface area contributed by atoms with E-state index in [1.54, 1.807) is 7.11 Å². The van der Waals surface area contributed by atoms with E-state index in [-0.39, 0.29) is 6.10 Å². The van der Waals surface area contributed by atoms with Crippen LogP contribution in [0.1, 0.15) is 71.3 Å². The van der Waals surface area contributed by atoms with Crippen LogP contribution in [-0.4, -0.2) is 30.2 Å². The lowest BCUT2D eigenvalue weighted by atomic mass is 10.00. The first kappa shape index (κ1) is 23.5. The number of nitrogens with zero attached hydrogens (tertiary/aromatic N) is 2. The van der Waals surface area contributed by atoms with Gasteiger partial charge in [-0.3, -0.25) is 0 Å². The Balaban J connectivity index is 2.42. The van der Waals surface area contributed by atoms with E-state index >= 15 is 0 Å². The van der Waals surface area contributed by atoms with Gasteiger partial charge in [-0.15, -0.1) is 0 Å². The van der Waals surface area contributed by atoms with E-state index in [4.69, 9.17) is 19.4 Å². The maximum Gasteiger partial charge on any atom is 0.258 e. The number of methoxy groups -OCH3 is 1. The molecule has 0 aliphatic heterocycles. The molecule has 1 N–H and O–H groups in total. The molecule has 1 unspecified atom stereocenters. The predicted molar refractivity (Wildman–Crippen MR) is 124 cm³/mol. The quantitative estimate of drug-likeness (QED) is 0.396. The van der Waals surface area contributed by atoms with Crippen LogP contribution in [0.3, 0.4) is 0 Å². The van der Waals surface area contributed by atoms with Crippen molar-refractivity contribution in [2.45, 2.75) is 71.8 Å². The SMILES string of the molecule is CCCCC(CCC)Oc1nc(Br)c(-c2ccc(C(C)C)cc2OC)nc1NC. The number of nitrogens with one attached hydrogen (secondary N) is 1. The molecule has 0 aliphatic carbocycles. The average Bonchev–Trinajstić information content (AvgIpc) is 2.72. The molecule has 5 nitrogen and oxygen atoms in total. The average molecular weight is 464 g/mol. The third kappa shape index (κ3) is 6.08. The number of halogens is 1. The number of unbranched alkanes of at least 4 members (excludes halogenated alkanes) is 1. The molecular formula is C23H34BrN3O2. The van der Waals surface area contributed by atoms with Crippen LogP contribution in [0.5, 0.6) is 11.6 Å². The van der Waals surface area contributed by atoms with Crippen molar-refractivity contribution in [3.8, 4) is 22.9 Å². The van der Waals surface area contributed by atoms with Gasteiger partial charge in [-0.05, 0) is 52.4 Å². The van der Waals surface area contributed by atoms with Gasteiger partial charge in [0, 0.05) is 12.6 Å². The molecule has 2 rings (SSSR count). The van der Waals surface area contributed by atoms with E-state index in [2.05, 4.69) is 61.1 Å². The zero-order valence-corrected chi connectivity index (χ0v) is 20.1. The summed E-state index contributed by atoms with van der Waals surface area (Å²) >= 11 is 3.60. The maximum atomic E-state index is 6.26. The van der Waals surface area contributed by atoms with Crippen LogP contribution in [0.4, 0.5) is 5.82 Å². The van der Waals surface area contributed by atoms with Gasteiger partial charge in [0.15, 0.2) is 5.82 Å². The van der Waals surface area contributed by atoms with E-state index in [1.807, 2.05) is 13.1 Å². The summed E-state index contributed by atoms with van der Waals surface area (Å²) in [5.74, 6) is 2.38. The monoisotopic (exact) mass is 463 g/mol. The lowest BCUT2D eigenvalue weighted by Gasteiger charge is -2.20. The molecule has 0 saturated carbocycles. The first-order chi connectivity index (χ1) is 13.9. The van der Waals surface area contributed by atoms with E-state index < -0.39 is 0 Å². The molecule has 1 aromatic heterocycles. The second-order valence-corrected chi connectivity index (χ2v) is 8.30. The third-order valence-corrected chi connectivity index (χ3v) is 5.53. The molecule has 29 heavy (non-hydrogen) atoms. The summed E-state index contributed by atoms with van der Waals surface area (Å²) in [6.45, 7) is 8.71. The molecule has 0 aliphatic rings. The second kappa shape index (κ2) is 11.4. The van der Waals surface area contributed by atoms with Crippen LogP contribution >= 0.6 is 15.9 Å². The fraction of sp³-hybridized carbons (Fsp3) is 0.565. The molecule has 2 aromatic rings. The summed E-state index contributed by atoms with van der Waals surface area (Å²) < 4.78 is 12.6. The highest BCUT2D eigenvalue weighted by atomic mass is 79.9. The summed E-state index contributed by atoms with van der Waals surface area (Å²) in [5, 5.41) is 3.14. The molecule has 0 fully saturated rings. The van der Waals surface area contributed by atoms with Crippen LogP contribution < -0.4 is 14.8 Å². The minimum Gasteiger partial charge on any atom is -0.496 e. The zero-order chi connectivity index (χ0) is 21.4. The molecule has 6 heteroatoms. The Morgan fingerprint density at radius 1 is 1.10 bits per heavy atom. The zero-order valence-electron chi connectivity index (χ0n) is 18.5. The normalized spacial score (nSPS) is 12.1. The minimum atomic E-state index is 0.152. The lowest BCUT2D eigenvalue weighted by Crippen LogP contribution is -2.18. The van der Waals surface area contributed by atoms with Gasteiger partial charge in [-0.1, -0.05) is 53.0 Å². The smallest absolute Gasteiger partial charge is 0.258 e. The summed E-state index contributed by atoms with van der Waals surface area (Å²) in [6, 6.07) is 6.23. The Morgan fingerprint density at radius 2 is 1.86 bits per heavy atom. The lowest BCUT2D eigenvalue weighted by molar-refractivity contribution is 0.169. The molecule has 1 aromatic carbocycles. The molecule has 1 atom stereocenters. The van der Waals surface area contributed by atoms with Gasteiger partial charge in [-0.25, -0.2) is 9.97 Å². The molecule has 0 amide bonds. The van der Waals surface area contributed by atoms with Gasteiger partial charge in [0.1, 0.15) is 22.2 Å². The van der Waals surface area contributed by atoms with Gasteiger partial charge < -0.3 is 14.8 Å². The van der Waals surface area contributed by atoms with Gasteiger partial charge in [-0.2, -0.15) is 0 Å². The van der Waals surface area contributed by atoms with Crippen LogP contribution in [0.15, 0.2) is 22.8 Å². The Kier molecular flexibility index (Phi) is 9.21. The molecule has 0 spiro atoms. The largest absolute Gasteiger partial charge is 0.496 e. The number of aromatic nitrogens is 2. The highest BCUT2D eigenvalue weighted by molar-refractivity contribution is 9.10. The number of benzene rings is 1. The van der Waals surface area contributed by atoms with Gasteiger partial charge in [0.05, 0.1) is 7.11 Å². The van der Waals surface area contributed by atoms with Gasteiger partial charge in [0.25, 0.3) is 5.88 Å². The van der Waals surface area contributed by atoms with E-state index in [0.717, 1.165) is 49.1 Å². The first-order valence-electron chi connectivity index (χ1n) is 10.5. The Labute approximate surface area is 183 Å². The van der Waals surface area contributed by atoms with Gasteiger partial charge >= 0.3 is 0 Å². The van der Waals surface area contributed by atoms with Gasteiger partial charge in [0.2, 0.25) is 0 Å². The molecule has 0 saturated heterocycles. The van der Waals surface area contributed by atoms with Crippen molar-refractivity contribution in [1.29, 1.82) is 0 Å². The minimum absolute atomic E-state index is 0.152. The molecule has 160 valence electrons. The third-order valence-electron chi connectivity index (χ3n) is 4.97. The Hall–Kier alpha value is -1.82. The van der Waals surface area contributed by atoms with Crippen LogP contribution in [0.2, 0.25) is 0 Å². The fourth-order valence-corrected chi connectivity index (χ4v) is 3.72. The van der Waals surface area contributed by atoms with E-state index in [1.165, 1.54) is 5.56 Å². The fourth-order valence-electron chi connectivity index (χ4n) is 3.25. The standard InChI is InChI=1S/C23H34BrN3O2/c1-7-9-11-17(10-8-2)29-23-22(25-5)26-20(21(24)27-23)18-13-12-16(15(3)4)14-19(18)28-6/h12-15,17H,7-11H2,1-6H3,(H,25,26). The summed E-state index contributed by atoms with van der Waals surface area (Å²) in [7, 11) is 3.53. The Bertz CT molecular complexity index is 796. The van der Waals surface area contributed by atoms with E-state index in [0.29, 0.717) is 22.2 Å². The number of hydrogen-bond acceptors (Lipinski definition) is 5. The summed E-state index contributed by atoms with van der Waals surface area (Å²) in [6.07, 6.45) is 5.57. The molecule has 0 bridgehead atoms. The molecular weight excluding hydrogens is 430 g/mol. The van der Waals surface area contributed by atoms with Crippen molar-refractivity contribution in [2.24, 2.45) is 0 Å². The number of ether oxygens (including phenoxy) is 2. The predicted octanol–water partition coefficient (Wildman–Crippen LogP) is 6.82. The van der Waals surface area contributed by atoms with E-state index in [9.17, 15) is 0 Å². The topological polar surface area (TPSA) is 56.3 Å². The van der Waals surface area contributed by atoms with Crippen molar-refractivity contribution in [1.82, 2.24) is 9.97 Å². The van der Waals surface area contributed by atoms with Crippen molar-refractivity contribution in [3.63, 3.8) is 0 Å². The van der Waals surface area contributed by atoms with Crippen LogP contribution in [0, 0.1) is 0 Å². The molecule has 1 heterocycles. The van der Waals surface area contributed by atoms with Crippen molar-refractivity contribution >= 4 is 21.7 Å². The number of anilines is 1. The number of rotatable bonds is 11. The van der Waals surface area contributed by atoms with Crippen LogP contribution in [-0.2, 0) is 0 Å². The second-order valence-electron chi connectivity index (χ2n) is 7.55. The highest BCUT2D eigenvalue weighted by Gasteiger charge is 2.20. The maximum absolute atomic E-state index is 6.26. The van der Waals surface area contributed by atoms with Crippen molar-refractivity contribution < 1.29 is 9.47 Å². The van der Waals surface area contributed by atoms with Crippen LogP contribution in [0.25, 0.3) is 11.3 Å². The van der Waals surface area contributed by atoms with Crippen molar-refractivity contribution in [2.75, 3.05) is 19.5 Å².